The van der Waals surface area contributed by atoms with E-state index in [1.807, 2.05) is 48.0 Å². The number of fused-ring (bicyclic) bond motifs is 1. The van der Waals surface area contributed by atoms with Crippen LogP contribution in [0.15, 0.2) is 60.7 Å². The molecule has 6 heteroatoms. The summed E-state index contributed by atoms with van der Waals surface area (Å²) in [5, 5.41) is 5.67. The van der Waals surface area contributed by atoms with Crippen molar-refractivity contribution in [3.05, 3.63) is 82.4 Å². The minimum absolute atomic E-state index is 0.152. The average Bonchev–Trinajstić information content (AvgIpc) is 3.24. The van der Waals surface area contributed by atoms with Gasteiger partial charge >= 0.3 is 0 Å². The van der Waals surface area contributed by atoms with Gasteiger partial charge in [0.05, 0.1) is 22.8 Å². The van der Waals surface area contributed by atoms with E-state index in [9.17, 15) is 4.79 Å². The lowest BCUT2D eigenvalue weighted by molar-refractivity contribution is 0.0966. The van der Waals surface area contributed by atoms with Crippen LogP contribution in [-0.4, -0.2) is 15.7 Å². The zero-order valence-corrected chi connectivity index (χ0v) is 16.0. The van der Waals surface area contributed by atoms with Gasteiger partial charge in [-0.3, -0.25) is 20.3 Å². The van der Waals surface area contributed by atoms with Gasteiger partial charge < -0.3 is 0 Å². The number of amides is 1. The molecule has 0 saturated heterocycles. The van der Waals surface area contributed by atoms with Crippen LogP contribution >= 0.6 is 11.3 Å². The Kier molecular flexibility index (Phi) is 4.64. The van der Waals surface area contributed by atoms with Crippen molar-refractivity contribution in [2.45, 2.75) is 20.4 Å². The Bertz CT molecular complexity index is 1080. The first kappa shape index (κ1) is 17.3. The highest BCUT2D eigenvalue weighted by atomic mass is 32.1. The number of para-hydroxylation sites is 1. The lowest BCUT2D eigenvalue weighted by Gasteiger charge is -2.07. The molecule has 4 aromatic rings. The third-order valence-corrected chi connectivity index (χ3v) is 5.53. The first-order valence-corrected chi connectivity index (χ1v) is 9.56. The highest BCUT2D eigenvalue weighted by Crippen LogP contribution is 2.29. The summed E-state index contributed by atoms with van der Waals surface area (Å²) in [6, 6.07) is 19.9. The van der Waals surface area contributed by atoms with Crippen LogP contribution in [0.1, 0.15) is 26.5 Å². The molecule has 5 nitrogen and oxygen atoms in total. The molecule has 27 heavy (non-hydrogen) atoms. The number of rotatable bonds is 5. The van der Waals surface area contributed by atoms with Crippen molar-refractivity contribution in [3.63, 3.8) is 0 Å². The van der Waals surface area contributed by atoms with Crippen molar-refractivity contribution in [1.29, 1.82) is 0 Å². The zero-order chi connectivity index (χ0) is 18.8. The number of hydrogen-bond acceptors (Lipinski definition) is 4. The number of anilines is 1. The van der Waals surface area contributed by atoms with Crippen LogP contribution < -0.4 is 10.9 Å². The molecule has 0 atom stereocenters. The number of hydrogen-bond donors (Lipinski definition) is 2. The van der Waals surface area contributed by atoms with Crippen LogP contribution in [0, 0.1) is 13.8 Å². The molecule has 0 aliphatic carbocycles. The van der Waals surface area contributed by atoms with E-state index >= 15 is 0 Å². The van der Waals surface area contributed by atoms with Crippen LogP contribution in [0.2, 0.25) is 0 Å². The molecule has 0 fully saturated rings. The van der Waals surface area contributed by atoms with E-state index in [1.165, 1.54) is 22.5 Å². The molecule has 0 radical (unpaired) electrons. The van der Waals surface area contributed by atoms with Crippen LogP contribution in [0.25, 0.3) is 10.2 Å². The Balaban J connectivity index is 1.55. The maximum absolute atomic E-state index is 12.5. The van der Waals surface area contributed by atoms with Crippen molar-refractivity contribution in [2.24, 2.45) is 0 Å². The Labute approximate surface area is 161 Å². The SMILES string of the molecule is Cc1ccc(Cn2nc(C)c3cc(C(=O)NNc4ccccc4)sc32)cc1. The molecule has 2 N–H and O–H groups in total. The summed E-state index contributed by atoms with van der Waals surface area (Å²) in [6.45, 7) is 4.74. The number of thiophene rings is 1. The van der Waals surface area contributed by atoms with E-state index in [-0.39, 0.29) is 5.91 Å². The average molecular weight is 376 g/mol. The fraction of sp³-hybridized carbons (Fsp3) is 0.143. The summed E-state index contributed by atoms with van der Waals surface area (Å²) >= 11 is 1.46. The molecule has 0 aliphatic rings. The molecule has 2 aromatic heterocycles. The molecular formula is C21H20N4OS. The van der Waals surface area contributed by atoms with Crippen molar-refractivity contribution in [1.82, 2.24) is 15.2 Å². The highest BCUT2D eigenvalue weighted by Gasteiger charge is 2.16. The minimum Gasteiger partial charge on any atom is -0.298 e. The number of carbonyl (C=O) groups is 1. The highest BCUT2D eigenvalue weighted by molar-refractivity contribution is 7.20. The molecule has 136 valence electrons. The fourth-order valence-electron chi connectivity index (χ4n) is 2.91. The first-order valence-electron chi connectivity index (χ1n) is 8.74. The molecule has 0 saturated carbocycles. The van der Waals surface area contributed by atoms with Gasteiger partial charge in [-0.1, -0.05) is 48.0 Å². The van der Waals surface area contributed by atoms with E-state index in [1.54, 1.807) is 0 Å². The topological polar surface area (TPSA) is 59.0 Å². The van der Waals surface area contributed by atoms with E-state index in [0.717, 1.165) is 21.6 Å². The van der Waals surface area contributed by atoms with E-state index in [0.29, 0.717) is 11.4 Å². The van der Waals surface area contributed by atoms with Crippen molar-refractivity contribution < 1.29 is 4.79 Å². The van der Waals surface area contributed by atoms with Crippen LogP contribution in [0.5, 0.6) is 0 Å². The fourth-order valence-corrected chi connectivity index (χ4v) is 3.97. The monoisotopic (exact) mass is 376 g/mol. The molecule has 0 unspecified atom stereocenters. The smallest absolute Gasteiger partial charge is 0.279 e. The van der Waals surface area contributed by atoms with Crippen molar-refractivity contribution >= 4 is 33.1 Å². The molecule has 4 rings (SSSR count). The molecule has 1 amide bonds. The van der Waals surface area contributed by atoms with Gasteiger partial charge in [0.2, 0.25) is 0 Å². The summed E-state index contributed by atoms with van der Waals surface area (Å²) in [5.41, 5.74) is 9.89. The standard InChI is InChI=1S/C21H20N4OS/c1-14-8-10-16(11-9-14)13-25-21-18(15(2)24-25)12-19(27-21)20(26)23-22-17-6-4-3-5-7-17/h3-12,22H,13H2,1-2H3,(H,23,26). The Hall–Kier alpha value is -3.12. The Morgan fingerprint density at radius 2 is 1.81 bits per heavy atom. The number of carbonyl (C=O) groups excluding carboxylic acids is 1. The summed E-state index contributed by atoms with van der Waals surface area (Å²) in [5.74, 6) is -0.152. The van der Waals surface area contributed by atoms with Crippen LogP contribution in [0.4, 0.5) is 5.69 Å². The molecule has 0 bridgehead atoms. The Morgan fingerprint density at radius 3 is 2.56 bits per heavy atom. The van der Waals surface area contributed by atoms with Crippen LogP contribution in [0.3, 0.4) is 0 Å². The third kappa shape index (κ3) is 3.71. The largest absolute Gasteiger partial charge is 0.298 e. The minimum atomic E-state index is -0.152. The van der Waals surface area contributed by atoms with Gasteiger partial charge in [0, 0.05) is 5.39 Å². The first-order chi connectivity index (χ1) is 13.1. The molecule has 2 aromatic carbocycles. The van der Waals surface area contributed by atoms with Gasteiger partial charge in [0.15, 0.2) is 0 Å². The molecule has 0 spiro atoms. The van der Waals surface area contributed by atoms with E-state index in [2.05, 4.69) is 47.1 Å². The number of nitrogens with one attached hydrogen (secondary N) is 2. The van der Waals surface area contributed by atoms with E-state index < -0.39 is 0 Å². The zero-order valence-electron chi connectivity index (χ0n) is 15.2. The van der Waals surface area contributed by atoms with Crippen LogP contribution in [-0.2, 0) is 6.54 Å². The number of hydrazine groups is 1. The summed E-state index contributed by atoms with van der Waals surface area (Å²) < 4.78 is 1.97. The predicted molar refractivity (Wildman–Crippen MR) is 110 cm³/mol. The van der Waals surface area contributed by atoms with E-state index in [4.69, 9.17) is 0 Å². The second kappa shape index (κ2) is 7.25. The van der Waals surface area contributed by atoms with Crippen molar-refractivity contribution in [3.8, 4) is 0 Å². The molecular weight excluding hydrogens is 356 g/mol. The summed E-state index contributed by atoms with van der Waals surface area (Å²) in [4.78, 5) is 14.2. The number of aryl methyl sites for hydroxylation is 2. The number of nitrogens with zero attached hydrogens (tertiary/aromatic N) is 2. The van der Waals surface area contributed by atoms with Crippen molar-refractivity contribution in [2.75, 3.05) is 5.43 Å². The molecule has 0 aliphatic heterocycles. The van der Waals surface area contributed by atoms with Gasteiger partial charge in [-0.25, -0.2) is 0 Å². The van der Waals surface area contributed by atoms with Gasteiger partial charge in [0.1, 0.15) is 4.83 Å². The van der Waals surface area contributed by atoms with Gasteiger partial charge in [0.25, 0.3) is 5.91 Å². The third-order valence-electron chi connectivity index (χ3n) is 4.38. The predicted octanol–water partition coefficient (Wildman–Crippen LogP) is 4.52. The molecule has 2 heterocycles. The number of benzene rings is 2. The lowest BCUT2D eigenvalue weighted by Crippen LogP contribution is -2.28. The summed E-state index contributed by atoms with van der Waals surface area (Å²) in [7, 11) is 0. The normalized spacial score (nSPS) is 10.9. The van der Waals surface area contributed by atoms with Gasteiger partial charge in [-0.2, -0.15) is 5.10 Å². The lowest BCUT2D eigenvalue weighted by atomic mass is 10.1. The van der Waals surface area contributed by atoms with Gasteiger partial charge in [-0.15, -0.1) is 11.3 Å². The quantitative estimate of drug-likeness (QED) is 0.504. The number of aromatic nitrogens is 2. The second-order valence-corrected chi connectivity index (χ2v) is 7.53. The van der Waals surface area contributed by atoms with Gasteiger partial charge in [-0.05, 0) is 37.6 Å². The maximum atomic E-state index is 12.5. The maximum Gasteiger partial charge on any atom is 0.279 e. The Morgan fingerprint density at radius 1 is 1.07 bits per heavy atom. The second-order valence-electron chi connectivity index (χ2n) is 6.50. The summed E-state index contributed by atoms with van der Waals surface area (Å²) in [6.07, 6.45) is 0.